The van der Waals surface area contributed by atoms with Crippen LogP contribution in [0.4, 0.5) is 8.78 Å². The molecule has 20 heavy (non-hydrogen) atoms. The standard InChI is InChI=1S/C11H15F2N3O4/c1-2-20-10(19)11(12,13)7-16-6-8(14-15-16)4-3-5-9(17)18/h6H,2-5,7H2,1H3,(H,17,18). The fraction of sp³-hybridized carbons (Fsp3) is 0.636. The average Bonchev–Trinajstić information content (AvgIpc) is 2.75. The molecule has 0 fully saturated rings. The third-order valence-corrected chi connectivity index (χ3v) is 2.34. The highest BCUT2D eigenvalue weighted by Crippen LogP contribution is 2.18. The van der Waals surface area contributed by atoms with Gasteiger partial charge in [-0.3, -0.25) is 4.79 Å². The van der Waals surface area contributed by atoms with E-state index in [1.165, 1.54) is 13.1 Å². The van der Waals surface area contributed by atoms with Gasteiger partial charge in [-0.1, -0.05) is 5.21 Å². The number of hydrogen-bond acceptors (Lipinski definition) is 5. The van der Waals surface area contributed by atoms with Crippen molar-refractivity contribution in [2.75, 3.05) is 6.61 Å². The Kier molecular flexibility index (Phi) is 5.53. The van der Waals surface area contributed by atoms with Crippen molar-refractivity contribution in [2.45, 2.75) is 38.7 Å². The second kappa shape index (κ2) is 6.92. The minimum Gasteiger partial charge on any atom is -0.481 e. The average molecular weight is 291 g/mol. The Bertz CT molecular complexity index is 476. The molecule has 0 saturated carbocycles. The predicted octanol–water partition coefficient (Wildman–Crippen LogP) is 0.884. The van der Waals surface area contributed by atoms with Crippen LogP contribution in [0.25, 0.3) is 0 Å². The molecule has 1 aromatic heterocycles. The molecule has 7 nitrogen and oxygen atoms in total. The number of aryl methyl sites for hydroxylation is 1. The summed E-state index contributed by atoms with van der Waals surface area (Å²) in [6, 6.07) is 0. The fourth-order valence-corrected chi connectivity index (χ4v) is 1.46. The van der Waals surface area contributed by atoms with Crippen molar-refractivity contribution >= 4 is 11.9 Å². The Balaban J connectivity index is 2.54. The molecule has 0 aliphatic carbocycles. The van der Waals surface area contributed by atoms with E-state index in [0.29, 0.717) is 18.5 Å². The summed E-state index contributed by atoms with van der Waals surface area (Å²) in [5.74, 6) is -6.23. The number of nitrogens with zero attached hydrogens (tertiary/aromatic N) is 3. The number of carbonyl (C=O) groups excluding carboxylic acids is 1. The van der Waals surface area contributed by atoms with E-state index in [2.05, 4.69) is 15.0 Å². The van der Waals surface area contributed by atoms with Crippen molar-refractivity contribution in [1.82, 2.24) is 15.0 Å². The van der Waals surface area contributed by atoms with Gasteiger partial charge in [0.05, 0.1) is 12.3 Å². The zero-order chi connectivity index (χ0) is 15.2. The second-order valence-corrected chi connectivity index (χ2v) is 4.08. The van der Waals surface area contributed by atoms with Gasteiger partial charge in [0.15, 0.2) is 0 Å². The first-order valence-corrected chi connectivity index (χ1v) is 6.01. The second-order valence-electron chi connectivity index (χ2n) is 4.08. The number of halogens is 2. The molecule has 0 unspecified atom stereocenters. The molecule has 0 saturated heterocycles. The minimum atomic E-state index is -3.68. The van der Waals surface area contributed by atoms with E-state index in [1.54, 1.807) is 0 Å². The summed E-state index contributed by atoms with van der Waals surface area (Å²) in [4.78, 5) is 21.4. The molecule has 9 heteroatoms. The van der Waals surface area contributed by atoms with E-state index in [-0.39, 0.29) is 13.0 Å². The van der Waals surface area contributed by atoms with Crippen molar-refractivity contribution in [2.24, 2.45) is 0 Å². The molecule has 0 bridgehead atoms. The monoisotopic (exact) mass is 291 g/mol. The number of esters is 1. The number of alkyl halides is 2. The summed E-state index contributed by atoms with van der Waals surface area (Å²) in [5.41, 5.74) is 0.394. The normalized spacial score (nSPS) is 11.3. The highest BCUT2D eigenvalue weighted by molar-refractivity contribution is 5.77. The van der Waals surface area contributed by atoms with E-state index >= 15 is 0 Å². The van der Waals surface area contributed by atoms with Crippen LogP contribution in [-0.4, -0.2) is 44.6 Å². The summed E-state index contributed by atoms with van der Waals surface area (Å²) in [6.45, 7) is 0.341. The van der Waals surface area contributed by atoms with Crippen LogP contribution < -0.4 is 0 Å². The summed E-state index contributed by atoms with van der Waals surface area (Å²) in [7, 11) is 0. The maximum Gasteiger partial charge on any atom is 0.379 e. The number of hydrogen-bond donors (Lipinski definition) is 1. The molecule has 1 heterocycles. The van der Waals surface area contributed by atoms with Crippen molar-refractivity contribution in [1.29, 1.82) is 0 Å². The largest absolute Gasteiger partial charge is 0.481 e. The van der Waals surface area contributed by atoms with Gasteiger partial charge >= 0.3 is 17.9 Å². The molecular formula is C11H15F2N3O4. The number of carbonyl (C=O) groups is 2. The number of ether oxygens (including phenoxy) is 1. The van der Waals surface area contributed by atoms with Gasteiger partial charge in [0.1, 0.15) is 6.54 Å². The van der Waals surface area contributed by atoms with Crippen LogP contribution >= 0.6 is 0 Å². The minimum absolute atomic E-state index is 0.0359. The van der Waals surface area contributed by atoms with Crippen LogP contribution in [0.5, 0.6) is 0 Å². The van der Waals surface area contributed by atoms with Crippen molar-refractivity contribution in [3.8, 4) is 0 Å². The van der Waals surface area contributed by atoms with E-state index in [0.717, 1.165) is 4.68 Å². The van der Waals surface area contributed by atoms with Crippen LogP contribution in [-0.2, 0) is 27.3 Å². The first-order chi connectivity index (χ1) is 9.35. The Hall–Kier alpha value is -2.06. The quantitative estimate of drug-likeness (QED) is 0.715. The Morgan fingerprint density at radius 2 is 2.20 bits per heavy atom. The third kappa shape index (κ3) is 4.90. The maximum absolute atomic E-state index is 13.4. The third-order valence-electron chi connectivity index (χ3n) is 2.34. The highest BCUT2D eigenvalue weighted by atomic mass is 19.3. The zero-order valence-electron chi connectivity index (χ0n) is 10.9. The summed E-state index contributed by atoms with van der Waals surface area (Å²) >= 11 is 0. The van der Waals surface area contributed by atoms with Gasteiger partial charge in [-0.05, 0) is 19.8 Å². The molecule has 0 aliphatic rings. The Labute approximate surface area is 113 Å². The van der Waals surface area contributed by atoms with Gasteiger partial charge in [-0.2, -0.15) is 8.78 Å². The maximum atomic E-state index is 13.4. The van der Waals surface area contributed by atoms with Gasteiger partial charge < -0.3 is 9.84 Å². The lowest BCUT2D eigenvalue weighted by Crippen LogP contribution is -2.35. The fourth-order valence-electron chi connectivity index (χ4n) is 1.46. The summed E-state index contributed by atoms with van der Waals surface area (Å²) in [5, 5.41) is 15.6. The molecule has 0 amide bonds. The molecule has 0 radical (unpaired) electrons. The van der Waals surface area contributed by atoms with Gasteiger partial charge in [0.2, 0.25) is 0 Å². The molecule has 1 N–H and O–H groups in total. The summed E-state index contributed by atoms with van der Waals surface area (Å²) < 4.78 is 31.9. The van der Waals surface area contributed by atoms with Crippen LogP contribution in [0.3, 0.4) is 0 Å². The van der Waals surface area contributed by atoms with Crippen molar-refractivity contribution < 1.29 is 28.2 Å². The molecule has 1 aromatic rings. The van der Waals surface area contributed by atoms with Gasteiger partial charge in [0.25, 0.3) is 0 Å². The Morgan fingerprint density at radius 3 is 2.80 bits per heavy atom. The van der Waals surface area contributed by atoms with Crippen LogP contribution in [0.15, 0.2) is 6.20 Å². The van der Waals surface area contributed by atoms with E-state index in [1.807, 2.05) is 0 Å². The lowest BCUT2D eigenvalue weighted by molar-refractivity contribution is -0.173. The van der Waals surface area contributed by atoms with E-state index in [9.17, 15) is 18.4 Å². The first-order valence-electron chi connectivity index (χ1n) is 6.01. The highest BCUT2D eigenvalue weighted by Gasteiger charge is 2.41. The Morgan fingerprint density at radius 1 is 1.50 bits per heavy atom. The van der Waals surface area contributed by atoms with Crippen LogP contribution in [0.2, 0.25) is 0 Å². The van der Waals surface area contributed by atoms with Crippen LogP contribution in [0, 0.1) is 0 Å². The smallest absolute Gasteiger partial charge is 0.379 e. The number of rotatable bonds is 8. The van der Waals surface area contributed by atoms with Gasteiger partial charge in [0, 0.05) is 12.6 Å². The molecule has 112 valence electrons. The molecular weight excluding hydrogens is 276 g/mol. The van der Waals surface area contributed by atoms with E-state index in [4.69, 9.17) is 5.11 Å². The SMILES string of the molecule is CCOC(=O)C(F)(F)Cn1cc(CCCC(=O)O)nn1. The van der Waals surface area contributed by atoms with Gasteiger partial charge in [-0.15, -0.1) is 5.10 Å². The number of carboxylic acids is 1. The van der Waals surface area contributed by atoms with Crippen molar-refractivity contribution in [3.63, 3.8) is 0 Å². The lowest BCUT2D eigenvalue weighted by Gasteiger charge is -2.13. The van der Waals surface area contributed by atoms with Crippen molar-refractivity contribution in [3.05, 3.63) is 11.9 Å². The zero-order valence-corrected chi connectivity index (χ0v) is 10.9. The first kappa shape index (κ1) is 16.0. The number of carboxylic acid groups (broad SMARTS) is 1. The van der Waals surface area contributed by atoms with Crippen LogP contribution in [0.1, 0.15) is 25.5 Å². The lowest BCUT2D eigenvalue weighted by atomic mass is 10.2. The molecule has 0 aliphatic heterocycles. The topological polar surface area (TPSA) is 94.3 Å². The number of aromatic nitrogens is 3. The van der Waals surface area contributed by atoms with Gasteiger partial charge in [-0.25, -0.2) is 9.48 Å². The number of aliphatic carboxylic acids is 1. The van der Waals surface area contributed by atoms with E-state index < -0.39 is 24.4 Å². The molecule has 1 rings (SSSR count). The molecule has 0 spiro atoms. The predicted molar refractivity (Wildman–Crippen MR) is 62.2 cm³/mol. The summed E-state index contributed by atoms with van der Waals surface area (Å²) in [6.07, 6.45) is 1.88. The molecule has 0 atom stereocenters. The molecule has 0 aromatic carbocycles.